The minimum Gasteiger partial charge on any atom is -0.354 e. The molecule has 6 nitrogen and oxygen atoms in total. The lowest BCUT2D eigenvalue weighted by Crippen LogP contribution is -2.43. The van der Waals surface area contributed by atoms with E-state index in [1.165, 1.54) is 0 Å². The zero-order chi connectivity index (χ0) is 21.4. The van der Waals surface area contributed by atoms with Crippen LogP contribution in [0.4, 0.5) is 0 Å². The fraction of sp³-hybridized carbons (Fsp3) is 0.400. The van der Waals surface area contributed by atoms with E-state index in [0.717, 1.165) is 16.5 Å². The van der Waals surface area contributed by atoms with Gasteiger partial charge in [0, 0.05) is 49.3 Å². The molecule has 2 aromatic heterocycles. The van der Waals surface area contributed by atoms with E-state index < -0.39 is 0 Å². The Hall–Kier alpha value is -1.36. The van der Waals surface area contributed by atoms with Gasteiger partial charge in [-0.25, -0.2) is 9.97 Å². The van der Waals surface area contributed by atoms with Gasteiger partial charge < -0.3 is 10.6 Å². The van der Waals surface area contributed by atoms with Crippen molar-refractivity contribution in [1.82, 2.24) is 20.6 Å². The summed E-state index contributed by atoms with van der Waals surface area (Å²) < 4.78 is 0. The summed E-state index contributed by atoms with van der Waals surface area (Å²) in [6.07, 6.45) is 5.17. The van der Waals surface area contributed by atoms with Crippen molar-refractivity contribution in [1.29, 1.82) is 0 Å². The van der Waals surface area contributed by atoms with Crippen molar-refractivity contribution in [3.63, 3.8) is 0 Å². The van der Waals surface area contributed by atoms with Gasteiger partial charge in [0.1, 0.15) is 10.1 Å². The molecule has 2 amide bonds. The number of pyridine rings is 2. The highest BCUT2D eigenvalue weighted by molar-refractivity contribution is 8.77. The van der Waals surface area contributed by atoms with Crippen LogP contribution in [-0.2, 0) is 9.59 Å². The van der Waals surface area contributed by atoms with Crippen LogP contribution < -0.4 is 10.6 Å². The van der Waals surface area contributed by atoms with Gasteiger partial charge in [-0.05, 0) is 52.3 Å². The first-order valence-electron chi connectivity index (χ1n) is 9.64. The third-order valence-electron chi connectivity index (χ3n) is 3.79. The molecular weight excluding hydrogens is 457 g/mol. The Morgan fingerprint density at radius 1 is 0.900 bits per heavy atom. The van der Waals surface area contributed by atoms with Crippen molar-refractivity contribution in [3.8, 4) is 0 Å². The molecule has 10 heteroatoms. The van der Waals surface area contributed by atoms with Gasteiger partial charge in [0.25, 0.3) is 0 Å². The molecule has 2 N–H and O–H groups in total. The Morgan fingerprint density at radius 3 is 1.97 bits per heavy atom. The Labute approximate surface area is 193 Å². The molecule has 0 saturated heterocycles. The normalized spacial score (nSPS) is 11.6. The number of hydrogen-bond acceptors (Lipinski definition) is 8. The SMILES string of the molecule is CCC(CNC(=O)CCSSc1ccccn1)NC(=O)CCSSc1ccccn1. The number of carbonyl (C=O) groups excluding carboxylic acids is 2. The predicted molar refractivity (Wildman–Crippen MR) is 130 cm³/mol. The molecular formula is C20H26N4O2S4. The van der Waals surface area contributed by atoms with E-state index in [0.29, 0.717) is 30.9 Å². The number of aromatic nitrogens is 2. The standard InChI is InChI=1S/C20H26N4O2S4/c1-2-16(24-18(26)10-14-28-30-20-8-4-6-12-22-20)15-23-17(25)9-13-27-29-19-7-3-5-11-21-19/h3-8,11-12,16H,2,9-10,13-15H2,1H3,(H,23,25)(H,24,26). The van der Waals surface area contributed by atoms with Gasteiger partial charge in [-0.3, -0.25) is 9.59 Å². The number of rotatable bonds is 14. The lowest BCUT2D eigenvalue weighted by atomic mass is 10.2. The molecule has 0 bridgehead atoms. The van der Waals surface area contributed by atoms with E-state index in [-0.39, 0.29) is 17.9 Å². The van der Waals surface area contributed by atoms with Gasteiger partial charge in [-0.2, -0.15) is 0 Å². The van der Waals surface area contributed by atoms with Crippen LogP contribution in [0.1, 0.15) is 26.2 Å². The van der Waals surface area contributed by atoms with Gasteiger partial charge in [0.15, 0.2) is 0 Å². The number of carbonyl (C=O) groups is 2. The molecule has 162 valence electrons. The number of hydrogen-bond donors (Lipinski definition) is 2. The average Bonchev–Trinajstić information content (AvgIpc) is 2.78. The van der Waals surface area contributed by atoms with Gasteiger partial charge >= 0.3 is 0 Å². The van der Waals surface area contributed by atoms with Crippen molar-refractivity contribution >= 4 is 55.0 Å². The zero-order valence-electron chi connectivity index (χ0n) is 16.8. The van der Waals surface area contributed by atoms with Crippen LogP contribution in [0.3, 0.4) is 0 Å². The van der Waals surface area contributed by atoms with Crippen LogP contribution in [-0.4, -0.2) is 45.9 Å². The molecule has 0 fully saturated rings. The fourth-order valence-electron chi connectivity index (χ4n) is 2.19. The third-order valence-corrected chi connectivity index (χ3v) is 8.33. The second kappa shape index (κ2) is 15.4. The summed E-state index contributed by atoms with van der Waals surface area (Å²) in [4.78, 5) is 32.6. The molecule has 0 spiro atoms. The molecule has 1 unspecified atom stereocenters. The number of amides is 2. The predicted octanol–water partition coefficient (Wildman–Crippen LogP) is 4.45. The minimum atomic E-state index is -0.0505. The maximum absolute atomic E-state index is 12.1. The molecule has 1 atom stereocenters. The zero-order valence-corrected chi connectivity index (χ0v) is 20.0. The molecule has 0 aliphatic carbocycles. The van der Waals surface area contributed by atoms with Crippen molar-refractivity contribution in [3.05, 3.63) is 48.8 Å². The Kier molecular flexibility index (Phi) is 12.8. The highest BCUT2D eigenvalue weighted by Crippen LogP contribution is 2.29. The Morgan fingerprint density at radius 2 is 1.47 bits per heavy atom. The minimum absolute atomic E-state index is 0.000800. The molecule has 2 heterocycles. The first kappa shape index (κ1) is 24.9. The highest BCUT2D eigenvalue weighted by Gasteiger charge is 2.12. The van der Waals surface area contributed by atoms with E-state index in [9.17, 15) is 9.59 Å². The quantitative estimate of drug-likeness (QED) is 0.302. The summed E-state index contributed by atoms with van der Waals surface area (Å²) in [5.74, 6) is 1.43. The number of nitrogens with one attached hydrogen (secondary N) is 2. The Balaban J connectivity index is 1.53. The van der Waals surface area contributed by atoms with E-state index in [1.54, 1.807) is 55.6 Å². The lowest BCUT2D eigenvalue weighted by molar-refractivity contribution is -0.123. The van der Waals surface area contributed by atoms with E-state index in [4.69, 9.17) is 0 Å². The summed E-state index contributed by atoms with van der Waals surface area (Å²) in [5, 5.41) is 7.79. The molecule has 0 aromatic carbocycles. The number of nitrogens with zero attached hydrogens (tertiary/aromatic N) is 2. The summed E-state index contributed by atoms with van der Waals surface area (Å²) in [6, 6.07) is 11.5. The molecule has 0 aliphatic rings. The van der Waals surface area contributed by atoms with Crippen molar-refractivity contribution in [2.45, 2.75) is 42.3 Å². The van der Waals surface area contributed by atoms with Crippen molar-refractivity contribution in [2.75, 3.05) is 18.1 Å². The van der Waals surface area contributed by atoms with Crippen molar-refractivity contribution < 1.29 is 9.59 Å². The highest BCUT2D eigenvalue weighted by atomic mass is 33.1. The van der Waals surface area contributed by atoms with Crippen LogP contribution in [0.5, 0.6) is 0 Å². The monoisotopic (exact) mass is 482 g/mol. The summed E-state index contributed by atoms with van der Waals surface area (Å²) in [5.41, 5.74) is 0. The molecule has 2 rings (SSSR count). The van der Waals surface area contributed by atoms with Crippen LogP contribution >= 0.6 is 43.2 Å². The van der Waals surface area contributed by atoms with Crippen molar-refractivity contribution in [2.24, 2.45) is 0 Å². The molecule has 0 radical (unpaired) electrons. The summed E-state index contributed by atoms with van der Waals surface area (Å²) in [7, 11) is 6.36. The first-order chi connectivity index (χ1) is 14.7. The van der Waals surface area contributed by atoms with Gasteiger partial charge in [-0.15, -0.1) is 0 Å². The second-order valence-electron chi connectivity index (χ2n) is 6.12. The largest absolute Gasteiger partial charge is 0.354 e. The van der Waals surface area contributed by atoms with Gasteiger partial charge in [-0.1, -0.05) is 40.6 Å². The Bertz CT molecular complexity index is 753. The van der Waals surface area contributed by atoms with Gasteiger partial charge in [0.2, 0.25) is 11.8 Å². The molecule has 0 saturated carbocycles. The maximum atomic E-state index is 12.1. The maximum Gasteiger partial charge on any atom is 0.221 e. The van der Waals surface area contributed by atoms with Crippen LogP contribution in [0.25, 0.3) is 0 Å². The van der Waals surface area contributed by atoms with Crippen LogP contribution in [0.2, 0.25) is 0 Å². The summed E-state index contributed by atoms with van der Waals surface area (Å²) in [6.45, 7) is 2.46. The van der Waals surface area contributed by atoms with E-state index >= 15 is 0 Å². The molecule has 0 aliphatic heterocycles. The average molecular weight is 483 g/mol. The van der Waals surface area contributed by atoms with Crippen LogP contribution in [0.15, 0.2) is 58.8 Å². The third kappa shape index (κ3) is 11.1. The van der Waals surface area contributed by atoms with E-state index in [1.807, 2.05) is 43.3 Å². The summed E-state index contributed by atoms with van der Waals surface area (Å²) >= 11 is 0. The fourth-order valence-corrected chi connectivity index (χ4v) is 5.93. The smallest absolute Gasteiger partial charge is 0.221 e. The van der Waals surface area contributed by atoms with E-state index in [2.05, 4.69) is 20.6 Å². The molecule has 2 aromatic rings. The first-order valence-corrected chi connectivity index (χ1v) is 14.3. The second-order valence-corrected chi connectivity index (χ2v) is 11.0. The molecule has 30 heavy (non-hydrogen) atoms. The topological polar surface area (TPSA) is 84.0 Å². The lowest BCUT2D eigenvalue weighted by Gasteiger charge is -2.17. The van der Waals surface area contributed by atoms with Gasteiger partial charge in [0.05, 0.1) is 0 Å². The van der Waals surface area contributed by atoms with Crippen LogP contribution in [0, 0.1) is 0 Å².